The Morgan fingerprint density at radius 1 is 1.38 bits per heavy atom. The third-order valence-corrected chi connectivity index (χ3v) is 2.65. The van der Waals surface area contributed by atoms with Crippen LogP contribution in [0.25, 0.3) is 0 Å². The number of halogens is 1. The average Bonchev–Trinajstić information content (AvgIpc) is 2.31. The minimum absolute atomic E-state index is 0.0254. The fourth-order valence-corrected chi connectivity index (χ4v) is 1.69. The second kappa shape index (κ2) is 7.30. The van der Waals surface area contributed by atoms with E-state index in [9.17, 15) is 4.39 Å². The Morgan fingerprint density at radius 3 is 2.75 bits per heavy atom. The van der Waals surface area contributed by atoms with Gasteiger partial charge in [-0.25, -0.2) is 4.39 Å². The molecule has 0 aliphatic rings. The zero-order chi connectivity index (χ0) is 11.8. The summed E-state index contributed by atoms with van der Waals surface area (Å²) in [5.74, 6) is 5.16. The summed E-state index contributed by atoms with van der Waals surface area (Å²) in [6, 6.07) is 3.12. The fraction of sp³-hybridized carbons (Fsp3) is 0.583. The monoisotopic (exact) mass is 225 g/mol. The number of hydrogen-bond donors (Lipinski definition) is 2. The molecule has 4 heteroatoms. The van der Waals surface area contributed by atoms with Crippen molar-refractivity contribution in [1.29, 1.82) is 0 Å². The van der Waals surface area contributed by atoms with Gasteiger partial charge in [-0.15, -0.1) is 0 Å². The highest BCUT2D eigenvalue weighted by atomic mass is 19.1. The number of nitrogens with two attached hydrogens (primary N) is 1. The predicted molar refractivity (Wildman–Crippen MR) is 63.0 cm³/mol. The van der Waals surface area contributed by atoms with E-state index in [2.05, 4.69) is 17.3 Å². The van der Waals surface area contributed by atoms with Gasteiger partial charge in [0.1, 0.15) is 5.82 Å². The van der Waals surface area contributed by atoms with Crippen LogP contribution in [0.3, 0.4) is 0 Å². The molecule has 0 aromatic carbocycles. The highest BCUT2D eigenvalue weighted by Gasteiger charge is 2.10. The molecule has 3 N–H and O–H groups in total. The second-order valence-electron chi connectivity index (χ2n) is 3.97. The number of aromatic nitrogens is 1. The summed E-state index contributed by atoms with van der Waals surface area (Å²) in [5.41, 5.74) is 3.54. The molecule has 0 radical (unpaired) electrons. The molecule has 0 saturated carbocycles. The van der Waals surface area contributed by atoms with Crippen LogP contribution in [-0.4, -0.2) is 4.98 Å². The van der Waals surface area contributed by atoms with Crippen LogP contribution in [0.2, 0.25) is 0 Å². The van der Waals surface area contributed by atoms with Crippen molar-refractivity contribution in [3.63, 3.8) is 0 Å². The first-order valence-corrected chi connectivity index (χ1v) is 5.85. The molecule has 0 aliphatic carbocycles. The van der Waals surface area contributed by atoms with E-state index in [1.807, 2.05) is 0 Å². The molecule has 16 heavy (non-hydrogen) atoms. The van der Waals surface area contributed by atoms with Crippen molar-refractivity contribution in [2.75, 3.05) is 0 Å². The topological polar surface area (TPSA) is 50.9 Å². The van der Waals surface area contributed by atoms with Gasteiger partial charge in [-0.2, -0.15) is 0 Å². The van der Waals surface area contributed by atoms with E-state index >= 15 is 0 Å². The second-order valence-corrected chi connectivity index (χ2v) is 3.97. The van der Waals surface area contributed by atoms with Gasteiger partial charge in [-0.3, -0.25) is 16.3 Å². The molecule has 1 aromatic heterocycles. The maximum Gasteiger partial charge on any atom is 0.141 e. The highest BCUT2D eigenvalue weighted by Crippen LogP contribution is 2.17. The maximum atomic E-state index is 12.7. The van der Waals surface area contributed by atoms with Gasteiger partial charge in [0.2, 0.25) is 0 Å². The number of unbranched alkanes of at least 4 members (excludes halogenated alkanes) is 3. The number of pyridine rings is 1. The first-order valence-electron chi connectivity index (χ1n) is 5.85. The van der Waals surface area contributed by atoms with Crippen molar-refractivity contribution in [3.05, 3.63) is 29.8 Å². The van der Waals surface area contributed by atoms with Gasteiger partial charge in [0.25, 0.3) is 0 Å². The van der Waals surface area contributed by atoms with E-state index in [1.165, 1.54) is 31.5 Å². The van der Waals surface area contributed by atoms with Crippen molar-refractivity contribution in [1.82, 2.24) is 10.4 Å². The Labute approximate surface area is 96.2 Å². The van der Waals surface area contributed by atoms with Crippen LogP contribution in [0.15, 0.2) is 18.3 Å². The fourth-order valence-electron chi connectivity index (χ4n) is 1.69. The Hall–Kier alpha value is -1.00. The van der Waals surface area contributed by atoms with E-state index in [0.717, 1.165) is 18.5 Å². The van der Waals surface area contributed by atoms with E-state index < -0.39 is 0 Å². The number of nitrogens with zero attached hydrogens (tertiary/aromatic N) is 1. The molecule has 3 nitrogen and oxygen atoms in total. The molecular weight excluding hydrogens is 205 g/mol. The standard InChI is InChI=1S/C12H20FN3/c1-2-3-4-5-6-12(16-14)11-8-7-10(13)9-15-11/h7-9,12,16H,2-6,14H2,1H3. The van der Waals surface area contributed by atoms with Crippen LogP contribution in [-0.2, 0) is 0 Å². The number of rotatable bonds is 7. The van der Waals surface area contributed by atoms with Gasteiger partial charge in [0.05, 0.1) is 17.9 Å². The zero-order valence-electron chi connectivity index (χ0n) is 9.75. The molecule has 0 saturated heterocycles. The molecule has 1 atom stereocenters. The summed E-state index contributed by atoms with van der Waals surface area (Å²) in [6.45, 7) is 2.18. The summed E-state index contributed by atoms with van der Waals surface area (Å²) in [7, 11) is 0. The van der Waals surface area contributed by atoms with Crippen LogP contribution in [0.4, 0.5) is 4.39 Å². The summed E-state index contributed by atoms with van der Waals surface area (Å²) in [4.78, 5) is 4.03. The van der Waals surface area contributed by atoms with Gasteiger partial charge in [0, 0.05) is 0 Å². The summed E-state index contributed by atoms with van der Waals surface area (Å²) < 4.78 is 12.7. The van der Waals surface area contributed by atoms with Crippen molar-refractivity contribution >= 4 is 0 Å². The van der Waals surface area contributed by atoms with Crippen molar-refractivity contribution < 1.29 is 4.39 Å². The third-order valence-electron chi connectivity index (χ3n) is 2.65. The lowest BCUT2D eigenvalue weighted by molar-refractivity contribution is 0.471. The molecule has 1 aromatic rings. The number of hydrogen-bond acceptors (Lipinski definition) is 3. The van der Waals surface area contributed by atoms with E-state index in [4.69, 9.17) is 5.84 Å². The lowest BCUT2D eigenvalue weighted by Crippen LogP contribution is -2.28. The Balaban J connectivity index is 2.44. The Kier molecular flexibility index (Phi) is 5.96. The molecular formula is C12H20FN3. The summed E-state index contributed by atoms with van der Waals surface area (Å²) in [5, 5.41) is 0. The molecule has 0 aliphatic heterocycles. The quantitative estimate of drug-likeness (QED) is 0.426. The zero-order valence-corrected chi connectivity index (χ0v) is 9.75. The van der Waals surface area contributed by atoms with Gasteiger partial charge in [0.15, 0.2) is 0 Å². The molecule has 0 spiro atoms. The molecule has 1 heterocycles. The number of hydrazine groups is 1. The average molecular weight is 225 g/mol. The van der Waals surface area contributed by atoms with Crippen LogP contribution < -0.4 is 11.3 Å². The molecule has 1 unspecified atom stereocenters. The van der Waals surface area contributed by atoms with Crippen LogP contribution in [0, 0.1) is 5.82 Å². The maximum absolute atomic E-state index is 12.7. The molecule has 0 fully saturated rings. The third kappa shape index (κ3) is 4.24. The summed E-state index contributed by atoms with van der Waals surface area (Å²) in [6.07, 6.45) is 6.95. The normalized spacial score (nSPS) is 12.7. The van der Waals surface area contributed by atoms with E-state index in [0.29, 0.717) is 0 Å². The first kappa shape index (κ1) is 13.1. The molecule has 1 rings (SSSR count). The number of nitrogens with one attached hydrogen (secondary N) is 1. The Morgan fingerprint density at radius 2 is 2.19 bits per heavy atom. The van der Waals surface area contributed by atoms with E-state index in [-0.39, 0.29) is 11.9 Å². The molecule has 0 bridgehead atoms. The van der Waals surface area contributed by atoms with Crippen LogP contribution in [0.1, 0.15) is 50.8 Å². The SMILES string of the molecule is CCCCCCC(NN)c1ccc(F)cn1. The van der Waals surface area contributed by atoms with Crippen LogP contribution in [0.5, 0.6) is 0 Å². The van der Waals surface area contributed by atoms with Crippen LogP contribution >= 0.6 is 0 Å². The van der Waals surface area contributed by atoms with E-state index in [1.54, 1.807) is 6.07 Å². The lowest BCUT2D eigenvalue weighted by atomic mass is 10.0. The van der Waals surface area contributed by atoms with Gasteiger partial charge >= 0.3 is 0 Å². The van der Waals surface area contributed by atoms with Gasteiger partial charge in [-0.05, 0) is 18.6 Å². The summed E-state index contributed by atoms with van der Waals surface area (Å²) >= 11 is 0. The molecule has 0 amide bonds. The highest BCUT2D eigenvalue weighted by molar-refractivity contribution is 5.09. The minimum Gasteiger partial charge on any atom is -0.271 e. The minimum atomic E-state index is -0.314. The van der Waals surface area contributed by atoms with Gasteiger partial charge in [-0.1, -0.05) is 32.6 Å². The smallest absolute Gasteiger partial charge is 0.141 e. The van der Waals surface area contributed by atoms with Crippen molar-refractivity contribution in [2.45, 2.75) is 45.1 Å². The predicted octanol–water partition coefficient (Wildman–Crippen LogP) is 2.70. The largest absolute Gasteiger partial charge is 0.271 e. The lowest BCUT2D eigenvalue weighted by Gasteiger charge is -2.14. The van der Waals surface area contributed by atoms with Crippen molar-refractivity contribution in [2.24, 2.45) is 5.84 Å². The Bertz CT molecular complexity index is 287. The first-order chi connectivity index (χ1) is 7.77. The molecule has 90 valence electrons. The van der Waals surface area contributed by atoms with Crippen molar-refractivity contribution in [3.8, 4) is 0 Å². The van der Waals surface area contributed by atoms with Gasteiger partial charge < -0.3 is 0 Å².